The topological polar surface area (TPSA) is 55.8 Å². The Hall–Kier alpha value is -2.33. The van der Waals surface area contributed by atoms with Crippen molar-refractivity contribution in [1.29, 1.82) is 0 Å². The average Bonchev–Trinajstić information content (AvgIpc) is 2.48. The van der Waals surface area contributed by atoms with E-state index in [1.807, 2.05) is 43.3 Å². The number of phenolic OH excluding ortho intramolecular Hbond substituents is 1. The van der Waals surface area contributed by atoms with E-state index in [0.717, 1.165) is 23.1 Å². The van der Waals surface area contributed by atoms with E-state index in [-0.39, 0.29) is 18.3 Å². The zero-order valence-corrected chi connectivity index (χ0v) is 11.9. The Labute approximate surface area is 123 Å². The molecule has 4 nitrogen and oxygen atoms in total. The average molecular weight is 286 g/mol. The van der Waals surface area contributed by atoms with Gasteiger partial charge in [0.2, 0.25) is 0 Å². The van der Waals surface area contributed by atoms with Crippen LogP contribution in [0.3, 0.4) is 0 Å². The molecule has 21 heavy (non-hydrogen) atoms. The molecule has 0 bridgehead atoms. The second kappa shape index (κ2) is 7.45. The maximum Gasteiger partial charge on any atom is 0.342 e. The molecule has 1 N–H and O–H groups in total. The highest BCUT2D eigenvalue weighted by Crippen LogP contribution is 2.29. The van der Waals surface area contributed by atoms with Gasteiger partial charge in [0, 0.05) is 12.0 Å². The third-order valence-corrected chi connectivity index (χ3v) is 2.97. The summed E-state index contributed by atoms with van der Waals surface area (Å²) in [6, 6.07) is 14.7. The lowest BCUT2D eigenvalue weighted by Crippen LogP contribution is -2.04. The lowest BCUT2D eigenvalue weighted by atomic mass is 10.0. The Morgan fingerprint density at radius 1 is 1.14 bits per heavy atom. The van der Waals surface area contributed by atoms with Crippen LogP contribution in [-0.2, 0) is 21.2 Å². The third-order valence-electron chi connectivity index (χ3n) is 2.97. The van der Waals surface area contributed by atoms with Gasteiger partial charge in [-0.2, -0.15) is 4.89 Å². The van der Waals surface area contributed by atoms with Gasteiger partial charge in [-0.05, 0) is 29.7 Å². The molecule has 2 rings (SSSR count). The second-order valence-corrected chi connectivity index (χ2v) is 4.69. The van der Waals surface area contributed by atoms with Crippen LogP contribution in [0.25, 0.3) is 11.1 Å². The summed E-state index contributed by atoms with van der Waals surface area (Å²) in [5.74, 6) is -0.140. The number of benzene rings is 2. The molecular weight excluding hydrogens is 268 g/mol. The molecule has 0 aliphatic carbocycles. The van der Waals surface area contributed by atoms with E-state index in [4.69, 9.17) is 4.89 Å². The lowest BCUT2D eigenvalue weighted by molar-refractivity contribution is -0.279. The summed E-state index contributed by atoms with van der Waals surface area (Å²) in [6.45, 7) is 2.08. The van der Waals surface area contributed by atoms with Gasteiger partial charge >= 0.3 is 5.97 Å². The van der Waals surface area contributed by atoms with Gasteiger partial charge in [-0.1, -0.05) is 43.3 Å². The molecule has 0 aromatic heterocycles. The summed E-state index contributed by atoms with van der Waals surface area (Å²) in [4.78, 5) is 20.8. The number of carbonyl (C=O) groups is 1. The number of rotatable bonds is 6. The minimum Gasteiger partial charge on any atom is -0.507 e. The minimum atomic E-state index is -0.366. The van der Waals surface area contributed by atoms with Crippen LogP contribution in [0.2, 0.25) is 0 Å². The Balaban J connectivity index is 2.02. The van der Waals surface area contributed by atoms with Crippen LogP contribution < -0.4 is 0 Å². The molecule has 0 saturated carbocycles. The molecule has 0 saturated heterocycles. The van der Waals surface area contributed by atoms with Crippen LogP contribution >= 0.6 is 0 Å². The number of hydrogen-bond acceptors (Lipinski definition) is 4. The van der Waals surface area contributed by atoms with Crippen molar-refractivity contribution >= 4 is 5.97 Å². The highest BCUT2D eigenvalue weighted by atomic mass is 17.2. The lowest BCUT2D eigenvalue weighted by Gasteiger charge is -2.07. The van der Waals surface area contributed by atoms with Crippen LogP contribution in [0.5, 0.6) is 5.75 Å². The van der Waals surface area contributed by atoms with Gasteiger partial charge < -0.3 is 5.11 Å². The first kappa shape index (κ1) is 15.1. The predicted molar refractivity (Wildman–Crippen MR) is 79.3 cm³/mol. The highest BCUT2D eigenvalue weighted by Gasteiger charge is 2.06. The largest absolute Gasteiger partial charge is 0.507 e. The van der Waals surface area contributed by atoms with Crippen molar-refractivity contribution in [1.82, 2.24) is 0 Å². The van der Waals surface area contributed by atoms with Crippen LogP contribution in [0.4, 0.5) is 0 Å². The Bertz CT molecular complexity index is 607. The fourth-order valence-electron chi connectivity index (χ4n) is 1.96. The molecule has 0 aliphatic rings. The van der Waals surface area contributed by atoms with Gasteiger partial charge in [-0.25, -0.2) is 4.79 Å². The molecule has 0 radical (unpaired) electrons. The third kappa shape index (κ3) is 4.33. The van der Waals surface area contributed by atoms with E-state index in [1.54, 1.807) is 12.1 Å². The molecule has 2 aromatic rings. The Kier molecular flexibility index (Phi) is 5.35. The molecule has 110 valence electrons. The molecule has 0 fully saturated rings. The Morgan fingerprint density at radius 3 is 2.71 bits per heavy atom. The highest BCUT2D eigenvalue weighted by molar-refractivity contribution is 5.70. The van der Waals surface area contributed by atoms with Crippen molar-refractivity contribution in [2.45, 2.75) is 26.4 Å². The molecule has 2 aromatic carbocycles. The van der Waals surface area contributed by atoms with Gasteiger partial charge in [0.1, 0.15) is 12.4 Å². The number of hydrogen-bond donors (Lipinski definition) is 1. The van der Waals surface area contributed by atoms with Crippen molar-refractivity contribution in [2.24, 2.45) is 0 Å². The first-order chi connectivity index (χ1) is 10.2. The number of para-hydroxylation sites is 1. The minimum absolute atomic E-state index is 0.177. The smallest absolute Gasteiger partial charge is 0.342 e. The maximum absolute atomic E-state index is 11.2. The van der Waals surface area contributed by atoms with Crippen molar-refractivity contribution in [2.75, 3.05) is 0 Å². The SMILES string of the molecule is CCCC(=O)OOCc1cccc(-c2ccccc2O)c1. The first-order valence-corrected chi connectivity index (χ1v) is 6.90. The summed E-state index contributed by atoms with van der Waals surface area (Å²) in [6.07, 6.45) is 1.07. The van der Waals surface area contributed by atoms with E-state index >= 15 is 0 Å². The zero-order chi connectivity index (χ0) is 15.1. The molecule has 0 heterocycles. The summed E-state index contributed by atoms with van der Waals surface area (Å²) in [7, 11) is 0. The number of aromatic hydroxyl groups is 1. The first-order valence-electron chi connectivity index (χ1n) is 6.90. The van der Waals surface area contributed by atoms with Crippen LogP contribution in [0.15, 0.2) is 48.5 Å². The van der Waals surface area contributed by atoms with E-state index < -0.39 is 0 Å². The quantitative estimate of drug-likeness (QED) is 0.647. The van der Waals surface area contributed by atoms with Gasteiger partial charge in [0.05, 0.1) is 0 Å². The Morgan fingerprint density at radius 2 is 1.95 bits per heavy atom. The summed E-state index contributed by atoms with van der Waals surface area (Å²) in [5.41, 5.74) is 2.50. The second-order valence-electron chi connectivity index (χ2n) is 4.69. The summed E-state index contributed by atoms with van der Waals surface area (Å²) < 4.78 is 0. The van der Waals surface area contributed by atoms with Gasteiger partial charge in [0.25, 0.3) is 0 Å². The van der Waals surface area contributed by atoms with Crippen LogP contribution in [0, 0.1) is 0 Å². The molecule has 0 aliphatic heterocycles. The molecular formula is C17H18O4. The zero-order valence-electron chi connectivity index (χ0n) is 11.9. The normalized spacial score (nSPS) is 10.3. The fraction of sp³-hybridized carbons (Fsp3) is 0.235. The van der Waals surface area contributed by atoms with Crippen LogP contribution in [-0.4, -0.2) is 11.1 Å². The molecule has 4 heteroatoms. The monoisotopic (exact) mass is 286 g/mol. The molecule has 0 amide bonds. The van der Waals surface area contributed by atoms with Crippen molar-refractivity contribution in [3.8, 4) is 16.9 Å². The standard InChI is InChI=1S/C17H18O4/c1-2-6-17(19)21-20-12-13-7-5-8-14(11-13)15-9-3-4-10-16(15)18/h3-5,7-11,18H,2,6,12H2,1H3. The van der Waals surface area contributed by atoms with E-state index in [0.29, 0.717) is 6.42 Å². The summed E-state index contributed by atoms with van der Waals surface area (Å²) in [5, 5.41) is 9.86. The predicted octanol–water partition coefficient (Wildman–Crippen LogP) is 3.83. The van der Waals surface area contributed by atoms with Gasteiger partial charge in [-0.3, -0.25) is 4.89 Å². The molecule has 0 atom stereocenters. The molecule has 0 unspecified atom stereocenters. The fourth-order valence-corrected chi connectivity index (χ4v) is 1.96. The van der Waals surface area contributed by atoms with E-state index in [2.05, 4.69) is 4.89 Å². The number of phenols is 1. The van der Waals surface area contributed by atoms with E-state index in [9.17, 15) is 9.90 Å². The maximum atomic E-state index is 11.2. The molecule has 0 spiro atoms. The van der Waals surface area contributed by atoms with Crippen molar-refractivity contribution in [3.05, 3.63) is 54.1 Å². The van der Waals surface area contributed by atoms with Gasteiger partial charge in [0.15, 0.2) is 0 Å². The van der Waals surface area contributed by atoms with Gasteiger partial charge in [-0.15, -0.1) is 0 Å². The number of carbonyl (C=O) groups excluding carboxylic acids is 1. The van der Waals surface area contributed by atoms with E-state index in [1.165, 1.54) is 0 Å². The summed E-state index contributed by atoms with van der Waals surface area (Å²) >= 11 is 0. The van der Waals surface area contributed by atoms with Crippen molar-refractivity contribution in [3.63, 3.8) is 0 Å². The van der Waals surface area contributed by atoms with Crippen molar-refractivity contribution < 1.29 is 19.7 Å². The van der Waals surface area contributed by atoms with Crippen LogP contribution in [0.1, 0.15) is 25.3 Å².